The van der Waals surface area contributed by atoms with Crippen LogP contribution in [-0.4, -0.2) is 33.8 Å². The van der Waals surface area contributed by atoms with Crippen LogP contribution in [0.2, 0.25) is 0 Å². The average Bonchev–Trinajstić information content (AvgIpc) is 3.35. The van der Waals surface area contributed by atoms with Gasteiger partial charge >= 0.3 is 0 Å². The number of benzene rings is 1. The molecule has 3 rings (SSSR count). The molecular weight excluding hydrogens is 368 g/mol. The summed E-state index contributed by atoms with van der Waals surface area (Å²) in [5.74, 6) is 1.23. The van der Waals surface area contributed by atoms with Crippen LogP contribution in [0.3, 0.4) is 0 Å². The molecule has 8 heteroatoms. The summed E-state index contributed by atoms with van der Waals surface area (Å²) >= 11 is 2.83. The molecule has 1 atom stereocenters. The van der Waals surface area contributed by atoms with Gasteiger partial charge in [0, 0.05) is 7.05 Å². The number of rotatable bonds is 8. The van der Waals surface area contributed by atoms with E-state index >= 15 is 0 Å². The molecule has 0 unspecified atom stereocenters. The molecule has 0 radical (unpaired) electrons. The molecule has 0 aliphatic rings. The highest BCUT2D eigenvalue weighted by molar-refractivity contribution is 8.01. The second-order valence-electron chi connectivity index (χ2n) is 5.69. The molecule has 0 spiro atoms. The Labute approximate surface area is 160 Å². The second-order valence-corrected chi connectivity index (χ2v) is 7.89. The monoisotopic (exact) mass is 388 g/mol. The van der Waals surface area contributed by atoms with E-state index in [1.54, 1.807) is 11.2 Å². The summed E-state index contributed by atoms with van der Waals surface area (Å²) in [4.78, 5) is 14.2. The number of nitrogens with zero attached hydrogens (tertiary/aromatic N) is 3. The first-order valence-corrected chi connectivity index (χ1v) is 9.97. The van der Waals surface area contributed by atoms with E-state index < -0.39 is 0 Å². The van der Waals surface area contributed by atoms with Crippen molar-refractivity contribution < 1.29 is 9.21 Å². The van der Waals surface area contributed by atoms with Gasteiger partial charge in [0.05, 0.1) is 24.6 Å². The van der Waals surface area contributed by atoms with Crippen molar-refractivity contribution in [3.63, 3.8) is 0 Å². The Morgan fingerprint density at radius 1 is 1.27 bits per heavy atom. The van der Waals surface area contributed by atoms with Gasteiger partial charge in [-0.2, -0.15) is 0 Å². The minimum atomic E-state index is 0.0317. The van der Waals surface area contributed by atoms with Crippen molar-refractivity contribution in [2.45, 2.75) is 23.8 Å². The predicted molar refractivity (Wildman–Crippen MR) is 104 cm³/mol. The smallest absolute Gasteiger partial charge is 0.233 e. The second kappa shape index (κ2) is 8.86. The molecule has 0 fully saturated rings. The molecule has 0 aliphatic carbocycles. The Bertz CT molecular complexity index is 821. The summed E-state index contributed by atoms with van der Waals surface area (Å²) in [7, 11) is 1.83. The van der Waals surface area contributed by atoms with Gasteiger partial charge in [0.1, 0.15) is 5.76 Å². The fraction of sp³-hybridized carbons (Fsp3) is 0.278. The Balaban J connectivity index is 1.48. The molecule has 1 amide bonds. The van der Waals surface area contributed by atoms with Crippen LogP contribution in [0.25, 0.3) is 0 Å². The third kappa shape index (κ3) is 4.86. The van der Waals surface area contributed by atoms with Crippen LogP contribution in [0.1, 0.15) is 24.3 Å². The van der Waals surface area contributed by atoms with Crippen molar-refractivity contribution in [2.24, 2.45) is 0 Å². The fourth-order valence-corrected chi connectivity index (χ4v) is 3.98. The number of hydrogen-bond donors (Lipinski definition) is 1. The van der Waals surface area contributed by atoms with Gasteiger partial charge in [0.15, 0.2) is 4.34 Å². The third-order valence-corrected chi connectivity index (χ3v) is 5.97. The van der Waals surface area contributed by atoms with Crippen molar-refractivity contribution in [2.75, 3.05) is 18.1 Å². The fourth-order valence-electron chi connectivity index (χ4n) is 2.31. The quantitative estimate of drug-likeness (QED) is 0.587. The molecule has 0 saturated carbocycles. The first-order chi connectivity index (χ1) is 12.6. The number of thioether (sulfide) groups is 1. The van der Waals surface area contributed by atoms with Crippen molar-refractivity contribution in [1.29, 1.82) is 0 Å². The van der Waals surface area contributed by atoms with E-state index in [1.165, 1.54) is 23.1 Å². The minimum Gasteiger partial charge on any atom is -0.467 e. The van der Waals surface area contributed by atoms with Crippen molar-refractivity contribution >= 4 is 34.1 Å². The van der Waals surface area contributed by atoms with Crippen LogP contribution in [0.15, 0.2) is 57.5 Å². The van der Waals surface area contributed by atoms with E-state index in [9.17, 15) is 4.79 Å². The first kappa shape index (κ1) is 18.5. The summed E-state index contributed by atoms with van der Waals surface area (Å²) in [6, 6.07) is 13.8. The summed E-state index contributed by atoms with van der Waals surface area (Å²) in [5.41, 5.74) is 1.12. The van der Waals surface area contributed by atoms with E-state index in [0.29, 0.717) is 17.4 Å². The molecule has 0 saturated heterocycles. The molecule has 3 aromatic rings. The van der Waals surface area contributed by atoms with E-state index in [2.05, 4.69) is 15.5 Å². The maximum atomic E-state index is 12.5. The zero-order valence-electron chi connectivity index (χ0n) is 14.6. The van der Waals surface area contributed by atoms with Crippen LogP contribution in [0.4, 0.5) is 5.13 Å². The molecule has 26 heavy (non-hydrogen) atoms. The normalized spacial score (nSPS) is 11.9. The molecule has 2 heterocycles. The van der Waals surface area contributed by atoms with E-state index in [-0.39, 0.29) is 11.9 Å². The number of nitrogens with one attached hydrogen (secondary N) is 1. The molecule has 6 nitrogen and oxygen atoms in total. The lowest BCUT2D eigenvalue weighted by atomic mass is 10.1. The van der Waals surface area contributed by atoms with Gasteiger partial charge in [-0.1, -0.05) is 53.4 Å². The maximum Gasteiger partial charge on any atom is 0.233 e. The van der Waals surface area contributed by atoms with Crippen LogP contribution >= 0.6 is 23.1 Å². The lowest BCUT2D eigenvalue weighted by Crippen LogP contribution is -2.31. The van der Waals surface area contributed by atoms with Crippen LogP contribution in [0.5, 0.6) is 0 Å². The number of anilines is 1. The van der Waals surface area contributed by atoms with Crippen LogP contribution in [-0.2, 0) is 11.3 Å². The van der Waals surface area contributed by atoms with Crippen LogP contribution in [0, 0.1) is 0 Å². The number of aromatic nitrogens is 2. The van der Waals surface area contributed by atoms with Gasteiger partial charge in [0.25, 0.3) is 0 Å². The van der Waals surface area contributed by atoms with Crippen LogP contribution < -0.4 is 5.32 Å². The van der Waals surface area contributed by atoms with E-state index in [1.807, 2.05) is 56.4 Å². The highest BCUT2D eigenvalue weighted by Gasteiger charge is 2.18. The SMILES string of the molecule is C[C@@H](c1ccccc1)N(C)C(=O)CSc1nnc(NCc2ccco2)s1. The summed E-state index contributed by atoms with van der Waals surface area (Å²) in [5, 5.41) is 12.1. The van der Waals surface area contributed by atoms with Gasteiger partial charge in [-0.15, -0.1) is 10.2 Å². The zero-order valence-corrected chi connectivity index (χ0v) is 16.2. The molecule has 2 aromatic heterocycles. The zero-order chi connectivity index (χ0) is 18.4. The standard InChI is InChI=1S/C18H20N4O2S2/c1-13(14-7-4-3-5-8-14)22(2)16(23)12-25-18-21-20-17(26-18)19-11-15-9-6-10-24-15/h3-10,13H,11-12H2,1-2H3,(H,19,20)/t13-/m0/s1. The van der Waals surface area contributed by atoms with Gasteiger partial charge in [-0.05, 0) is 24.6 Å². The number of carbonyl (C=O) groups excluding carboxylic acids is 1. The molecule has 0 aliphatic heterocycles. The Kier molecular flexibility index (Phi) is 6.30. The largest absolute Gasteiger partial charge is 0.467 e. The molecule has 1 aromatic carbocycles. The minimum absolute atomic E-state index is 0.0317. The summed E-state index contributed by atoms with van der Waals surface area (Å²) in [6.45, 7) is 2.59. The molecule has 1 N–H and O–H groups in total. The van der Waals surface area contributed by atoms with E-state index in [0.717, 1.165) is 15.7 Å². The Hall–Kier alpha value is -2.32. The highest BCUT2D eigenvalue weighted by Crippen LogP contribution is 2.27. The maximum absolute atomic E-state index is 12.5. The lowest BCUT2D eigenvalue weighted by Gasteiger charge is -2.25. The van der Waals surface area contributed by atoms with Gasteiger partial charge < -0.3 is 14.6 Å². The van der Waals surface area contributed by atoms with Gasteiger partial charge in [0.2, 0.25) is 11.0 Å². The van der Waals surface area contributed by atoms with Gasteiger partial charge in [-0.3, -0.25) is 4.79 Å². The predicted octanol–water partition coefficient (Wildman–Crippen LogP) is 4.05. The Morgan fingerprint density at radius 2 is 2.08 bits per heavy atom. The number of furan rings is 1. The topological polar surface area (TPSA) is 71.3 Å². The summed E-state index contributed by atoms with van der Waals surface area (Å²) < 4.78 is 6.03. The van der Waals surface area contributed by atoms with Crippen molar-refractivity contribution in [1.82, 2.24) is 15.1 Å². The van der Waals surface area contributed by atoms with E-state index in [4.69, 9.17) is 4.42 Å². The molecule has 136 valence electrons. The van der Waals surface area contributed by atoms with Gasteiger partial charge in [-0.25, -0.2) is 0 Å². The summed E-state index contributed by atoms with van der Waals surface area (Å²) in [6.07, 6.45) is 1.64. The molecule has 0 bridgehead atoms. The highest BCUT2D eigenvalue weighted by atomic mass is 32.2. The third-order valence-electron chi connectivity index (χ3n) is 3.98. The lowest BCUT2D eigenvalue weighted by molar-refractivity contribution is -0.128. The Morgan fingerprint density at radius 3 is 2.81 bits per heavy atom. The first-order valence-electron chi connectivity index (χ1n) is 8.16. The number of amides is 1. The molecular formula is C18H20N4O2S2. The number of hydrogen-bond acceptors (Lipinski definition) is 7. The average molecular weight is 389 g/mol. The van der Waals surface area contributed by atoms with Crippen molar-refractivity contribution in [3.05, 3.63) is 60.1 Å². The number of carbonyl (C=O) groups is 1. The van der Waals surface area contributed by atoms with Crippen molar-refractivity contribution in [3.8, 4) is 0 Å².